The number of halogens is 2. The third kappa shape index (κ3) is 2.28. The summed E-state index contributed by atoms with van der Waals surface area (Å²) in [6.45, 7) is 2.21. The van der Waals surface area contributed by atoms with Crippen molar-refractivity contribution >= 4 is 33.2 Å². The van der Waals surface area contributed by atoms with Gasteiger partial charge in [0, 0.05) is 19.1 Å². The molecule has 0 radical (unpaired) electrons. The van der Waals surface area contributed by atoms with Crippen LogP contribution in [-0.4, -0.2) is 38.4 Å². The molecule has 2 aliphatic rings. The molecule has 3 rings (SSSR count). The SMILES string of the molecule is O=S(=O)(c1ccc(Cl)c(Cl)c1)N1CC[C@H]2CNC[C@H]21. The quantitative estimate of drug-likeness (QED) is 0.906. The molecule has 1 N–H and O–H groups in total. The molecule has 0 aliphatic carbocycles. The van der Waals surface area contributed by atoms with Crippen molar-refractivity contribution in [3.05, 3.63) is 28.2 Å². The fraction of sp³-hybridized carbons (Fsp3) is 0.500. The molecule has 2 fully saturated rings. The van der Waals surface area contributed by atoms with Crippen LogP contribution < -0.4 is 5.32 Å². The summed E-state index contributed by atoms with van der Waals surface area (Å²) in [7, 11) is -3.48. The Balaban J connectivity index is 1.96. The van der Waals surface area contributed by atoms with Gasteiger partial charge in [0.05, 0.1) is 14.9 Å². The van der Waals surface area contributed by atoms with Crippen molar-refractivity contribution in [1.29, 1.82) is 0 Å². The highest BCUT2D eigenvalue weighted by molar-refractivity contribution is 7.89. The van der Waals surface area contributed by atoms with Crippen LogP contribution in [-0.2, 0) is 10.0 Å². The lowest BCUT2D eigenvalue weighted by Crippen LogP contribution is -2.39. The number of benzene rings is 1. The number of nitrogens with one attached hydrogen (secondary N) is 1. The van der Waals surface area contributed by atoms with Crippen LogP contribution in [0.2, 0.25) is 10.0 Å². The third-order valence-electron chi connectivity index (χ3n) is 3.89. The van der Waals surface area contributed by atoms with Gasteiger partial charge in [0.2, 0.25) is 10.0 Å². The lowest BCUT2D eigenvalue weighted by Gasteiger charge is -2.23. The Labute approximate surface area is 122 Å². The van der Waals surface area contributed by atoms with Crippen molar-refractivity contribution in [2.75, 3.05) is 19.6 Å². The zero-order valence-corrected chi connectivity index (χ0v) is 12.5. The minimum Gasteiger partial charge on any atom is -0.315 e. The molecule has 0 bridgehead atoms. The van der Waals surface area contributed by atoms with Crippen LogP contribution in [0.4, 0.5) is 0 Å². The topological polar surface area (TPSA) is 49.4 Å². The van der Waals surface area contributed by atoms with Crippen LogP contribution in [0.1, 0.15) is 6.42 Å². The minimum absolute atomic E-state index is 0.0689. The van der Waals surface area contributed by atoms with E-state index in [1.54, 1.807) is 4.31 Å². The number of rotatable bonds is 2. The second kappa shape index (κ2) is 4.90. The summed E-state index contributed by atoms with van der Waals surface area (Å²) in [6, 6.07) is 4.53. The molecular formula is C12H14Cl2N2O2S. The molecule has 104 valence electrons. The summed E-state index contributed by atoms with van der Waals surface area (Å²) in [5, 5.41) is 3.88. The molecule has 2 atom stereocenters. The molecule has 0 spiro atoms. The summed E-state index contributed by atoms with van der Waals surface area (Å²) in [5.41, 5.74) is 0. The molecule has 7 heteroatoms. The molecule has 1 aromatic rings. The molecule has 0 unspecified atom stereocenters. The van der Waals surface area contributed by atoms with Gasteiger partial charge in [0.15, 0.2) is 0 Å². The maximum absolute atomic E-state index is 12.6. The maximum atomic E-state index is 12.6. The molecule has 2 heterocycles. The second-order valence-corrected chi connectivity index (χ2v) is 7.67. The summed E-state index contributed by atoms with van der Waals surface area (Å²) in [5.74, 6) is 0.428. The van der Waals surface area contributed by atoms with Gasteiger partial charge in [0.1, 0.15) is 0 Å². The Morgan fingerprint density at radius 2 is 2.00 bits per heavy atom. The highest BCUT2D eigenvalue weighted by Crippen LogP contribution is 2.33. The molecule has 2 aliphatic heterocycles. The molecule has 1 aromatic carbocycles. The lowest BCUT2D eigenvalue weighted by molar-refractivity contribution is 0.383. The molecule has 0 saturated carbocycles. The van der Waals surface area contributed by atoms with E-state index >= 15 is 0 Å². The molecule has 0 amide bonds. The number of nitrogens with zero attached hydrogens (tertiary/aromatic N) is 1. The van der Waals surface area contributed by atoms with Crippen molar-refractivity contribution in [3.8, 4) is 0 Å². The molecule has 0 aromatic heterocycles. The predicted octanol–water partition coefficient (Wildman–Crippen LogP) is 1.98. The van der Waals surface area contributed by atoms with E-state index in [2.05, 4.69) is 5.32 Å². The first-order valence-electron chi connectivity index (χ1n) is 6.18. The van der Waals surface area contributed by atoms with Crippen molar-refractivity contribution in [1.82, 2.24) is 9.62 Å². The standard InChI is InChI=1S/C12H14Cl2N2O2S/c13-10-2-1-9(5-11(10)14)19(17,18)16-4-3-8-6-15-7-12(8)16/h1-2,5,8,12,15H,3-4,6-7H2/t8-,12+/m0/s1. The lowest BCUT2D eigenvalue weighted by atomic mass is 10.1. The summed E-state index contributed by atoms with van der Waals surface area (Å²) < 4.78 is 26.9. The first-order valence-corrected chi connectivity index (χ1v) is 8.37. The Hall–Kier alpha value is -0.330. The number of hydrogen-bond donors (Lipinski definition) is 1. The van der Waals surface area contributed by atoms with Crippen molar-refractivity contribution < 1.29 is 8.42 Å². The first-order chi connectivity index (χ1) is 9.00. The predicted molar refractivity (Wildman–Crippen MR) is 75.1 cm³/mol. The van der Waals surface area contributed by atoms with Crippen molar-refractivity contribution in [2.45, 2.75) is 17.4 Å². The van der Waals surface area contributed by atoms with Crippen LogP contribution >= 0.6 is 23.2 Å². The Morgan fingerprint density at radius 3 is 2.74 bits per heavy atom. The van der Waals surface area contributed by atoms with Gasteiger partial charge in [-0.2, -0.15) is 4.31 Å². The van der Waals surface area contributed by atoms with Crippen molar-refractivity contribution in [3.63, 3.8) is 0 Å². The van der Waals surface area contributed by atoms with E-state index in [1.807, 2.05) is 0 Å². The van der Waals surface area contributed by atoms with Crippen molar-refractivity contribution in [2.24, 2.45) is 5.92 Å². The second-order valence-electron chi connectivity index (χ2n) is 4.97. The third-order valence-corrected chi connectivity index (χ3v) is 6.55. The first kappa shape index (κ1) is 13.6. The fourth-order valence-corrected chi connectivity index (χ4v) is 4.97. The summed E-state index contributed by atoms with van der Waals surface area (Å²) in [4.78, 5) is 0.217. The highest BCUT2D eigenvalue weighted by Gasteiger charge is 2.43. The molecule has 4 nitrogen and oxygen atoms in total. The van der Waals surface area contributed by atoms with E-state index in [4.69, 9.17) is 23.2 Å². The molecule has 2 saturated heterocycles. The number of sulfonamides is 1. The van der Waals surface area contributed by atoms with E-state index in [0.29, 0.717) is 17.5 Å². The minimum atomic E-state index is -3.48. The van der Waals surface area contributed by atoms with Gasteiger partial charge in [-0.15, -0.1) is 0 Å². The zero-order chi connectivity index (χ0) is 13.6. The molecular weight excluding hydrogens is 307 g/mol. The monoisotopic (exact) mass is 320 g/mol. The van der Waals surface area contributed by atoms with Gasteiger partial charge in [0.25, 0.3) is 0 Å². The van der Waals surface area contributed by atoms with Gasteiger partial charge in [-0.05, 0) is 37.1 Å². The van der Waals surface area contributed by atoms with Crippen LogP contribution in [0.25, 0.3) is 0 Å². The van der Waals surface area contributed by atoms with E-state index < -0.39 is 10.0 Å². The van der Waals surface area contributed by atoms with Crippen LogP contribution in [0.15, 0.2) is 23.1 Å². The van der Waals surface area contributed by atoms with E-state index in [-0.39, 0.29) is 16.0 Å². The Morgan fingerprint density at radius 1 is 1.21 bits per heavy atom. The van der Waals surface area contributed by atoms with Gasteiger partial charge in [-0.3, -0.25) is 0 Å². The highest BCUT2D eigenvalue weighted by atomic mass is 35.5. The van der Waals surface area contributed by atoms with E-state index in [0.717, 1.165) is 19.5 Å². The van der Waals surface area contributed by atoms with Gasteiger partial charge >= 0.3 is 0 Å². The molecule has 19 heavy (non-hydrogen) atoms. The van der Waals surface area contributed by atoms with Gasteiger partial charge < -0.3 is 5.32 Å². The Kier molecular flexibility index (Phi) is 3.52. The van der Waals surface area contributed by atoms with Gasteiger partial charge in [-0.1, -0.05) is 23.2 Å². The number of fused-ring (bicyclic) bond motifs is 1. The normalized spacial score (nSPS) is 27.7. The fourth-order valence-electron chi connectivity index (χ4n) is 2.88. The summed E-state index contributed by atoms with van der Waals surface area (Å²) in [6.07, 6.45) is 0.915. The number of hydrogen-bond acceptors (Lipinski definition) is 3. The zero-order valence-electron chi connectivity index (χ0n) is 10.1. The maximum Gasteiger partial charge on any atom is 0.243 e. The van der Waals surface area contributed by atoms with E-state index in [9.17, 15) is 8.42 Å². The smallest absolute Gasteiger partial charge is 0.243 e. The van der Waals surface area contributed by atoms with Crippen LogP contribution in [0.5, 0.6) is 0 Å². The van der Waals surface area contributed by atoms with Crippen LogP contribution in [0, 0.1) is 5.92 Å². The Bertz CT molecular complexity index is 606. The average Bonchev–Trinajstić information content (AvgIpc) is 2.94. The van der Waals surface area contributed by atoms with Crippen LogP contribution in [0.3, 0.4) is 0 Å². The van der Waals surface area contributed by atoms with Gasteiger partial charge in [-0.25, -0.2) is 8.42 Å². The average molecular weight is 321 g/mol. The largest absolute Gasteiger partial charge is 0.315 e. The summed E-state index contributed by atoms with van der Waals surface area (Å²) >= 11 is 11.7. The van der Waals surface area contributed by atoms with E-state index in [1.165, 1.54) is 18.2 Å².